The first kappa shape index (κ1) is 21.1. The fourth-order valence-corrected chi connectivity index (χ4v) is 4.35. The van der Waals surface area contributed by atoms with Crippen LogP contribution in [0.1, 0.15) is 33.6 Å². The summed E-state index contributed by atoms with van der Waals surface area (Å²) in [6, 6.07) is 15.4. The van der Waals surface area contributed by atoms with Gasteiger partial charge in [0.25, 0.3) is 5.91 Å². The molecule has 3 aromatic rings. The second kappa shape index (κ2) is 8.51. The number of hydrogen-bond donors (Lipinski definition) is 1. The predicted octanol–water partition coefficient (Wildman–Crippen LogP) is 3.50. The van der Waals surface area contributed by atoms with Gasteiger partial charge in [-0.3, -0.25) is 4.79 Å². The van der Waals surface area contributed by atoms with Crippen LogP contribution in [0.4, 0.5) is 0 Å². The molecule has 0 aliphatic heterocycles. The molecule has 0 radical (unpaired) electrons. The summed E-state index contributed by atoms with van der Waals surface area (Å²) in [5.41, 5.74) is 5.20. The van der Waals surface area contributed by atoms with Gasteiger partial charge in [-0.25, -0.2) is 13.4 Å². The van der Waals surface area contributed by atoms with Gasteiger partial charge in [-0.05, 0) is 53.8 Å². The third-order valence-electron chi connectivity index (χ3n) is 5.38. The molecular formula is C24H24N2O4S. The number of nitrogens with zero attached hydrogens (tertiary/aromatic N) is 1. The van der Waals surface area contributed by atoms with E-state index < -0.39 is 9.84 Å². The minimum absolute atomic E-state index is 0.0810. The molecule has 4 rings (SSSR count). The highest BCUT2D eigenvalue weighted by molar-refractivity contribution is 7.90. The number of nitrogens with one attached hydrogen (secondary N) is 1. The number of carbonyl (C=O) groups is 1. The molecule has 0 saturated carbocycles. The van der Waals surface area contributed by atoms with Crippen LogP contribution in [0.25, 0.3) is 22.6 Å². The summed E-state index contributed by atoms with van der Waals surface area (Å²) < 4.78 is 28.1. The summed E-state index contributed by atoms with van der Waals surface area (Å²) in [5, 5.41) is 3.56. The standard InChI is InChI=1S/C24H24N2O4S/c1-30-18-10-7-16(8-11-18)15-17-9-12-20-22(24(27)25-13-14-31(2,28)29)19-5-3-4-6-21(19)26-23(17)20/h3-8,10-11,15H,9,12-14H2,1-2H3,(H,25,27)/b17-15-. The largest absolute Gasteiger partial charge is 0.497 e. The summed E-state index contributed by atoms with van der Waals surface area (Å²) in [4.78, 5) is 17.9. The lowest BCUT2D eigenvalue weighted by Crippen LogP contribution is -2.29. The van der Waals surface area contributed by atoms with Gasteiger partial charge >= 0.3 is 0 Å². The Hall–Kier alpha value is -3.19. The van der Waals surface area contributed by atoms with Crippen LogP contribution in [-0.2, 0) is 16.3 Å². The van der Waals surface area contributed by atoms with Gasteiger partial charge in [0.1, 0.15) is 15.6 Å². The molecule has 31 heavy (non-hydrogen) atoms. The van der Waals surface area contributed by atoms with E-state index in [0.29, 0.717) is 12.0 Å². The number of rotatable bonds is 6. The number of fused-ring (bicyclic) bond motifs is 2. The van der Waals surface area contributed by atoms with E-state index in [1.54, 1.807) is 7.11 Å². The number of aromatic nitrogens is 1. The van der Waals surface area contributed by atoms with E-state index in [1.807, 2.05) is 48.5 Å². The lowest BCUT2D eigenvalue weighted by Gasteiger charge is -2.13. The summed E-state index contributed by atoms with van der Waals surface area (Å²) >= 11 is 0. The topological polar surface area (TPSA) is 85.4 Å². The van der Waals surface area contributed by atoms with Crippen molar-refractivity contribution < 1.29 is 17.9 Å². The summed E-state index contributed by atoms with van der Waals surface area (Å²) in [7, 11) is -1.51. The highest BCUT2D eigenvalue weighted by atomic mass is 32.2. The molecule has 7 heteroatoms. The van der Waals surface area contributed by atoms with E-state index in [9.17, 15) is 13.2 Å². The maximum Gasteiger partial charge on any atom is 0.252 e. The van der Waals surface area contributed by atoms with Crippen molar-refractivity contribution >= 4 is 38.3 Å². The summed E-state index contributed by atoms with van der Waals surface area (Å²) in [6.07, 6.45) is 4.76. The van der Waals surface area contributed by atoms with Gasteiger partial charge in [0.05, 0.1) is 29.6 Å². The Morgan fingerprint density at radius 3 is 2.58 bits per heavy atom. The highest BCUT2D eigenvalue weighted by Gasteiger charge is 2.26. The molecule has 1 aromatic heterocycles. The fraction of sp³-hybridized carbons (Fsp3) is 0.250. The number of methoxy groups -OCH3 is 1. The Balaban J connectivity index is 1.74. The van der Waals surface area contributed by atoms with Crippen LogP contribution in [0.2, 0.25) is 0 Å². The molecule has 1 amide bonds. The van der Waals surface area contributed by atoms with Gasteiger partial charge in [-0.15, -0.1) is 0 Å². The first-order valence-electron chi connectivity index (χ1n) is 10.1. The van der Waals surface area contributed by atoms with Gasteiger partial charge in [0, 0.05) is 18.2 Å². The molecular weight excluding hydrogens is 412 g/mol. The molecule has 0 bridgehead atoms. The van der Waals surface area contributed by atoms with Crippen LogP contribution in [0, 0.1) is 0 Å². The van der Waals surface area contributed by atoms with Gasteiger partial charge in [-0.2, -0.15) is 0 Å². The van der Waals surface area contributed by atoms with Crippen molar-refractivity contribution in [1.82, 2.24) is 10.3 Å². The minimum atomic E-state index is -3.15. The second-order valence-corrected chi connectivity index (χ2v) is 9.92. The quantitative estimate of drug-likeness (QED) is 0.639. The second-order valence-electron chi connectivity index (χ2n) is 7.66. The van der Waals surface area contributed by atoms with Crippen LogP contribution in [0.5, 0.6) is 5.75 Å². The van der Waals surface area contributed by atoms with Crippen molar-refractivity contribution in [3.63, 3.8) is 0 Å². The van der Waals surface area contributed by atoms with Gasteiger partial charge in [0.2, 0.25) is 0 Å². The van der Waals surface area contributed by atoms with Crippen molar-refractivity contribution in [1.29, 1.82) is 0 Å². The van der Waals surface area contributed by atoms with Crippen molar-refractivity contribution in [3.05, 3.63) is 70.9 Å². The minimum Gasteiger partial charge on any atom is -0.497 e. The van der Waals surface area contributed by atoms with Crippen LogP contribution in [0.15, 0.2) is 48.5 Å². The monoisotopic (exact) mass is 436 g/mol. The number of hydrogen-bond acceptors (Lipinski definition) is 5. The number of amides is 1. The SMILES string of the molecule is COc1ccc(/C=C2/CCc3c2nc2ccccc2c3C(=O)NCCS(C)(=O)=O)cc1. The van der Waals surface area contributed by atoms with Gasteiger partial charge in [-0.1, -0.05) is 30.3 Å². The number of ether oxygens (including phenoxy) is 1. The maximum absolute atomic E-state index is 13.1. The number of benzene rings is 2. The van der Waals surface area contributed by atoms with E-state index in [4.69, 9.17) is 9.72 Å². The van der Waals surface area contributed by atoms with Crippen molar-refractivity contribution in [2.45, 2.75) is 12.8 Å². The van der Waals surface area contributed by atoms with Crippen LogP contribution >= 0.6 is 0 Å². The molecule has 160 valence electrons. The average Bonchev–Trinajstić information content (AvgIpc) is 3.13. The van der Waals surface area contributed by atoms with E-state index in [1.165, 1.54) is 0 Å². The molecule has 0 saturated heterocycles. The van der Waals surface area contributed by atoms with Gasteiger partial charge < -0.3 is 10.1 Å². The number of carbonyl (C=O) groups excluding carboxylic acids is 1. The van der Waals surface area contributed by atoms with E-state index in [0.717, 1.165) is 51.7 Å². The Morgan fingerprint density at radius 1 is 1.13 bits per heavy atom. The number of allylic oxidation sites excluding steroid dienone is 1. The zero-order chi connectivity index (χ0) is 22.0. The van der Waals surface area contributed by atoms with Crippen LogP contribution < -0.4 is 10.1 Å². The predicted molar refractivity (Wildman–Crippen MR) is 123 cm³/mol. The highest BCUT2D eigenvalue weighted by Crippen LogP contribution is 2.37. The third kappa shape index (κ3) is 4.61. The molecule has 1 aliphatic carbocycles. The van der Waals surface area contributed by atoms with Gasteiger partial charge in [0.15, 0.2) is 0 Å². The Labute approximate surface area is 181 Å². The van der Waals surface area contributed by atoms with Crippen LogP contribution in [-0.4, -0.2) is 45.0 Å². The summed E-state index contributed by atoms with van der Waals surface area (Å²) in [5.74, 6) is 0.447. The van der Waals surface area contributed by atoms with E-state index >= 15 is 0 Å². The smallest absolute Gasteiger partial charge is 0.252 e. The van der Waals surface area contributed by atoms with Crippen molar-refractivity contribution in [3.8, 4) is 5.75 Å². The maximum atomic E-state index is 13.1. The number of pyridine rings is 1. The molecule has 1 aliphatic rings. The zero-order valence-electron chi connectivity index (χ0n) is 17.5. The molecule has 0 fully saturated rings. The number of para-hydroxylation sites is 1. The van der Waals surface area contributed by atoms with E-state index in [2.05, 4.69) is 11.4 Å². The number of sulfone groups is 1. The van der Waals surface area contributed by atoms with Crippen LogP contribution in [0.3, 0.4) is 0 Å². The molecule has 1 heterocycles. The Morgan fingerprint density at radius 2 is 1.87 bits per heavy atom. The van der Waals surface area contributed by atoms with Crippen molar-refractivity contribution in [2.24, 2.45) is 0 Å². The molecule has 0 atom stereocenters. The molecule has 0 spiro atoms. The summed E-state index contributed by atoms with van der Waals surface area (Å²) in [6.45, 7) is 0.0810. The lowest BCUT2D eigenvalue weighted by molar-refractivity contribution is 0.0957. The molecule has 2 aromatic carbocycles. The Kier molecular flexibility index (Phi) is 5.78. The first-order chi connectivity index (χ1) is 14.9. The average molecular weight is 437 g/mol. The molecule has 1 N–H and O–H groups in total. The zero-order valence-corrected chi connectivity index (χ0v) is 18.3. The van der Waals surface area contributed by atoms with E-state index in [-0.39, 0.29) is 18.2 Å². The lowest BCUT2D eigenvalue weighted by atomic mass is 10.00. The molecule has 0 unspecified atom stereocenters. The third-order valence-corrected chi connectivity index (χ3v) is 6.33. The van der Waals surface area contributed by atoms with Crippen molar-refractivity contribution in [2.75, 3.05) is 25.7 Å². The Bertz CT molecular complexity index is 1280. The fourth-order valence-electron chi connectivity index (χ4n) is 3.88. The first-order valence-corrected chi connectivity index (χ1v) is 12.1. The normalized spacial score (nSPS) is 14.6. The molecule has 6 nitrogen and oxygen atoms in total.